The molecule has 0 radical (unpaired) electrons. The van der Waals surface area contributed by atoms with Crippen LogP contribution in [0.1, 0.15) is 0 Å². The smallest absolute Gasteiger partial charge is 0.321 e. The van der Waals surface area contributed by atoms with Gasteiger partial charge < -0.3 is 17.4 Å². The van der Waals surface area contributed by atoms with Crippen LogP contribution < -0.4 is 22.5 Å². The van der Waals surface area contributed by atoms with Crippen LogP contribution >= 0.6 is 27.5 Å². The summed E-state index contributed by atoms with van der Waals surface area (Å²) in [5.74, 6) is 0. The highest BCUT2D eigenvalue weighted by molar-refractivity contribution is 9.10. The predicted molar refractivity (Wildman–Crippen MR) is 104 cm³/mol. The fourth-order valence-electron chi connectivity index (χ4n) is 2.99. The monoisotopic (exact) mass is 446 g/mol. The van der Waals surface area contributed by atoms with Gasteiger partial charge >= 0.3 is 5.56 Å². The summed E-state index contributed by atoms with van der Waals surface area (Å²) < 4.78 is 2.75. The largest absolute Gasteiger partial charge is 1.00 e. The van der Waals surface area contributed by atoms with E-state index in [4.69, 9.17) is 11.6 Å². The zero-order chi connectivity index (χ0) is 17.4. The van der Waals surface area contributed by atoms with E-state index in [0.29, 0.717) is 10.7 Å². The van der Waals surface area contributed by atoms with Crippen molar-refractivity contribution in [2.45, 2.75) is 0 Å². The van der Waals surface area contributed by atoms with Crippen molar-refractivity contribution < 1.29 is 17.0 Å². The Morgan fingerprint density at radius 1 is 0.962 bits per heavy atom. The van der Waals surface area contributed by atoms with E-state index in [-0.39, 0.29) is 18.0 Å². The zero-order valence-corrected chi connectivity index (χ0v) is 16.5. The Labute approximate surface area is 169 Å². The summed E-state index contributed by atoms with van der Waals surface area (Å²) in [5.41, 5.74) is 2.77. The molecule has 4 aromatic rings. The molecule has 0 spiro atoms. The van der Waals surface area contributed by atoms with Crippen molar-refractivity contribution in [3.05, 3.63) is 92.9 Å². The highest BCUT2D eigenvalue weighted by Crippen LogP contribution is 2.35. The van der Waals surface area contributed by atoms with Gasteiger partial charge in [-0.15, -0.1) is 0 Å². The SMILES string of the molecule is O=c1[nH]c2ccc(Br)cc2c(-c2ccccc2Cl)c1-[n+]1ccccc1.[Cl-]. The van der Waals surface area contributed by atoms with Gasteiger partial charge in [-0.1, -0.05) is 51.8 Å². The fourth-order valence-corrected chi connectivity index (χ4v) is 3.58. The molecule has 2 aromatic carbocycles. The Balaban J connectivity index is 0.00000196. The van der Waals surface area contributed by atoms with Crippen LogP contribution in [0.4, 0.5) is 0 Å². The second-order valence-corrected chi connectivity index (χ2v) is 6.95. The molecule has 4 rings (SSSR count). The van der Waals surface area contributed by atoms with E-state index < -0.39 is 0 Å². The standard InChI is InChI=1S/C20H12BrClN2O.ClH/c21-13-8-9-17-15(12-13)18(14-6-2-3-7-16(14)22)19(20(25)23-17)24-10-4-1-5-11-24;/h1-12H;1H. The number of nitrogens with zero attached hydrogens (tertiary/aromatic N) is 1. The van der Waals surface area contributed by atoms with Gasteiger partial charge in [0.2, 0.25) is 0 Å². The maximum atomic E-state index is 12.9. The Morgan fingerprint density at radius 2 is 1.69 bits per heavy atom. The van der Waals surface area contributed by atoms with Crippen molar-refractivity contribution in [1.29, 1.82) is 0 Å². The Bertz CT molecular complexity index is 1140. The number of halogens is 3. The molecule has 0 saturated carbocycles. The number of hydrogen-bond acceptors (Lipinski definition) is 1. The van der Waals surface area contributed by atoms with E-state index >= 15 is 0 Å². The van der Waals surface area contributed by atoms with E-state index in [9.17, 15) is 4.79 Å². The molecule has 2 heterocycles. The van der Waals surface area contributed by atoms with Crippen molar-refractivity contribution >= 4 is 38.4 Å². The molecule has 0 unspecified atom stereocenters. The third-order valence-corrected chi connectivity index (χ3v) is 4.89. The first-order valence-corrected chi connectivity index (χ1v) is 8.89. The van der Waals surface area contributed by atoms with Gasteiger partial charge in [0.15, 0.2) is 12.4 Å². The quantitative estimate of drug-likeness (QED) is 0.468. The minimum Gasteiger partial charge on any atom is -1.00 e. The Kier molecular flexibility index (Phi) is 5.47. The first-order chi connectivity index (χ1) is 12.1. The van der Waals surface area contributed by atoms with Crippen LogP contribution in [0.15, 0.2) is 82.3 Å². The molecule has 0 saturated heterocycles. The lowest BCUT2D eigenvalue weighted by Crippen LogP contribution is -3.00. The van der Waals surface area contributed by atoms with Crippen LogP contribution in [0.25, 0.3) is 27.7 Å². The van der Waals surface area contributed by atoms with Gasteiger partial charge in [0, 0.05) is 38.1 Å². The summed E-state index contributed by atoms with van der Waals surface area (Å²) in [5, 5.41) is 1.53. The van der Waals surface area contributed by atoms with E-state index in [1.165, 1.54) is 0 Å². The van der Waals surface area contributed by atoms with Crippen LogP contribution in [-0.2, 0) is 0 Å². The molecule has 0 aliphatic rings. The van der Waals surface area contributed by atoms with Crippen molar-refractivity contribution in [3.63, 3.8) is 0 Å². The zero-order valence-electron chi connectivity index (χ0n) is 13.4. The molecule has 3 nitrogen and oxygen atoms in total. The minimum atomic E-state index is -0.166. The minimum absolute atomic E-state index is 0. The summed E-state index contributed by atoms with van der Waals surface area (Å²) in [6.45, 7) is 0. The number of hydrogen-bond donors (Lipinski definition) is 1. The maximum Gasteiger partial charge on any atom is 0.321 e. The summed E-state index contributed by atoms with van der Waals surface area (Å²) in [7, 11) is 0. The van der Waals surface area contributed by atoms with Gasteiger partial charge in [-0.25, -0.2) is 0 Å². The van der Waals surface area contributed by atoms with Crippen LogP contribution in [0.5, 0.6) is 0 Å². The molecule has 2 aromatic heterocycles. The molecular weight excluding hydrogens is 435 g/mol. The second kappa shape index (κ2) is 7.62. The average Bonchev–Trinajstić information content (AvgIpc) is 2.62. The lowest BCUT2D eigenvalue weighted by Gasteiger charge is -2.11. The molecule has 0 amide bonds. The van der Waals surface area contributed by atoms with Crippen molar-refractivity contribution in [3.8, 4) is 16.8 Å². The number of pyridine rings is 2. The molecule has 130 valence electrons. The topological polar surface area (TPSA) is 36.7 Å². The van der Waals surface area contributed by atoms with Gasteiger partial charge in [-0.3, -0.25) is 4.79 Å². The predicted octanol–water partition coefficient (Wildman–Crippen LogP) is 1.89. The van der Waals surface area contributed by atoms with E-state index in [1.54, 1.807) is 0 Å². The summed E-state index contributed by atoms with van der Waals surface area (Å²) in [6, 6.07) is 19.1. The molecule has 0 atom stereocenters. The van der Waals surface area contributed by atoms with Crippen molar-refractivity contribution in [2.24, 2.45) is 0 Å². The van der Waals surface area contributed by atoms with Crippen LogP contribution in [-0.4, -0.2) is 4.98 Å². The number of H-pyrrole nitrogens is 1. The Hall–Kier alpha value is -2.14. The third kappa shape index (κ3) is 3.28. The fraction of sp³-hybridized carbons (Fsp3) is 0. The van der Waals surface area contributed by atoms with Gasteiger partial charge in [-0.2, -0.15) is 4.57 Å². The van der Waals surface area contributed by atoms with E-state index in [0.717, 1.165) is 26.5 Å². The number of aromatic nitrogens is 2. The molecule has 6 heteroatoms. The number of rotatable bonds is 2. The average molecular weight is 448 g/mol. The summed E-state index contributed by atoms with van der Waals surface area (Å²) in [4.78, 5) is 15.9. The van der Waals surface area contributed by atoms with Crippen LogP contribution in [0.2, 0.25) is 5.02 Å². The third-order valence-electron chi connectivity index (χ3n) is 4.07. The molecule has 0 fully saturated rings. The maximum absolute atomic E-state index is 12.9. The highest BCUT2D eigenvalue weighted by Gasteiger charge is 2.23. The molecule has 0 aliphatic carbocycles. The van der Waals surface area contributed by atoms with E-state index in [1.807, 2.05) is 77.6 Å². The Morgan fingerprint density at radius 3 is 2.42 bits per heavy atom. The number of nitrogens with one attached hydrogen (secondary N) is 1. The lowest BCUT2D eigenvalue weighted by molar-refractivity contribution is -0.596. The van der Waals surface area contributed by atoms with E-state index in [2.05, 4.69) is 20.9 Å². The van der Waals surface area contributed by atoms with Gasteiger partial charge in [-0.05, 0) is 24.3 Å². The van der Waals surface area contributed by atoms with Gasteiger partial charge in [0.25, 0.3) is 5.69 Å². The lowest BCUT2D eigenvalue weighted by atomic mass is 9.99. The van der Waals surface area contributed by atoms with Crippen LogP contribution in [0.3, 0.4) is 0 Å². The molecule has 26 heavy (non-hydrogen) atoms. The second-order valence-electron chi connectivity index (χ2n) is 5.63. The number of benzene rings is 2. The first kappa shape index (κ1) is 18.6. The number of aromatic amines is 1. The van der Waals surface area contributed by atoms with Crippen molar-refractivity contribution in [1.82, 2.24) is 4.98 Å². The molecular formula is C20H13BrCl2N2O. The van der Waals surface area contributed by atoms with Crippen molar-refractivity contribution in [2.75, 3.05) is 0 Å². The summed E-state index contributed by atoms with van der Waals surface area (Å²) >= 11 is 10.0. The first-order valence-electron chi connectivity index (χ1n) is 7.72. The molecule has 1 N–H and O–H groups in total. The molecule has 0 bridgehead atoms. The van der Waals surface area contributed by atoms with Crippen LogP contribution in [0, 0.1) is 0 Å². The summed E-state index contributed by atoms with van der Waals surface area (Å²) in [6.07, 6.45) is 3.71. The number of fused-ring (bicyclic) bond motifs is 1. The highest BCUT2D eigenvalue weighted by atomic mass is 79.9. The van der Waals surface area contributed by atoms with Gasteiger partial charge in [0.05, 0.1) is 5.56 Å². The molecule has 0 aliphatic heterocycles. The normalized spacial score (nSPS) is 10.5. The van der Waals surface area contributed by atoms with Gasteiger partial charge in [0.1, 0.15) is 0 Å².